The molecular weight excluding hydrogens is 448 g/mol. The lowest BCUT2D eigenvalue weighted by Crippen LogP contribution is -2.46. The van der Waals surface area contributed by atoms with E-state index >= 15 is 0 Å². The molecule has 9 heteroatoms. The van der Waals surface area contributed by atoms with Crippen molar-refractivity contribution in [2.75, 3.05) is 32.8 Å². The first-order chi connectivity index (χ1) is 13.3. The predicted octanol–water partition coefficient (Wildman–Crippen LogP) is 3.13. The maximum absolute atomic E-state index is 12.6. The van der Waals surface area contributed by atoms with E-state index in [1.807, 2.05) is 32.0 Å². The summed E-state index contributed by atoms with van der Waals surface area (Å²) in [6.07, 6.45) is 1.69. The van der Waals surface area contributed by atoms with Crippen molar-refractivity contribution in [3.05, 3.63) is 33.1 Å². The number of thioether (sulfide) groups is 1. The summed E-state index contributed by atoms with van der Waals surface area (Å²) in [5, 5.41) is -0.434. The third-order valence-corrected chi connectivity index (χ3v) is 5.67. The number of rotatable bonds is 5. The van der Waals surface area contributed by atoms with E-state index in [0.717, 1.165) is 26.7 Å². The van der Waals surface area contributed by atoms with Crippen molar-refractivity contribution >= 4 is 50.8 Å². The van der Waals surface area contributed by atoms with E-state index in [0.29, 0.717) is 37.0 Å². The summed E-state index contributed by atoms with van der Waals surface area (Å²) in [4.78, 5) is 40.1. The molecule has 2 aliphatic rings. The number of morpholine rings is 1. The molecule has 1 aromatic carbocycles. The average Bonchev–Trinajstić information content (AvgIpc) is 2.92. The molecule has 0 N–H and O–H groups in total. The van der Waals surface area contributed by atoms with E-state index in [1.54, 1.807) is 11.0 Å². The minimum Gasteiger partial charge on any atom is -0.490 e. The highest BCUT2D eigenvalue weighted by molar-refractivity contribution is 9.10. The molecule has 0 aliphatic carbocycles. The quantitative estimate of drug-likeness (QED) is 0.617. The van der Waals surface area contributed by atoms with Crippen LogP contribution < -0.4 is 4.74 Å². The SMILES string of the molecule is CC(C)Oc1ccc(/C=C2\SC(=O)N(CC(=O)N3CCOCC3)C2=O)cc1Br. The Labute approximate surface area is 176 Å². The molecule has 0 unspecified atom stereocenters. The van der Waals surface area contributed by atoms with Crippen molar-refractivity contribution in [3.63, 3.8) is 0 Å². The Morgan fingerprint density at radius 2 is 2.04 bits per heavy atom. The van der Waals surface area contributed by atoms with Crippen LogP contribution in [0.25, 0.3) is 6.08 Å². The highest BCUT2D eigenvalue weighted by Gasteiger charge is 2.37. The zero-order valence-corrected chi connectivity index (χ0v) is 18.0. The van der Waals surface area contributed by atoms with Crippen molar-refractivity contribution in [3.8, 4) is 5.75 Å². The number of imide groups is 1. The smallest absolute Gasteiger partial charge is 0.294 e. The van der Waals surface area contributed by atoms with Gasteiger partial charge in [0, 0.05) is 13.1 Å². The Bertz CT molecular complexity index is 821. The molecule has 0 bridgehead atoms. The monoisotopic (exact) mass is 468 g/mol. The number of ether oxygens (including phenoxy) is 2. The van der Waals surface area contributed by atoms with Gasteiger partial charge in [-0.3, -0.25) is 19.3 Å². The van der Waals surface area contributed by atoms with Gasteiger partial charge < -0.3 is 14.4 Å². The van der Waals surface area contributed by atoms with E-state index in [-0.39, 0.29) is 18.6 Å². The number of carbonyl (C=O) groups excluding carboxylic acids is 3. The molecule has 150 valence electrons. The van der Waals surface area contributed by atoms with Gasteiger partial charge in [0.05, 0.1) is 28.7 Å². The molecule has 0 radical (unpaired) electrons. The van der Waals surface area contributed by atoms with Crippen molar-refractivity contribution in [1.82, 2.24) is 9.80 Å². The lowest BCUT2D eigenvalue weighted by Gasteiger charge is -2.28. The van der Waals surface area contributed by atoms with Crippen LogP contribution in [-0.4, -0.2) is 65.8 Å². The predicted molar refractivity (Wildman–Crippen MR) is 110 cm³/mol. The Kier molecular flexibility index (Phi) is 6.79. The number of halogens is 1. The van der Waals surface area contributed by atoms with Crippen LogP contribution in [0.5, 0.6) is 5.75 Å². The van der Waals surface area contributed by atoms with Crippen LogP contribution in [0.2, 0.25) is 0 Å². The number of hydrogen-bond acceptors (Lipinski definition) is 6. The molecule has 2 fully saturated rings. The first-order valence-electron chi connectivity index (χ1n) is 8.92. The van der Waals surface area contributed by atoms with Gasteiger partial charge in [-0.2, -0.15) is 0 Å². The molecule has 3 amide bonds. The summed E-state index contributed by atoms with van der Waals surface area (Å²) in [7, 11) is 0. The van der Waals surface area contributed by atoms with Crippen LogP contribution in [0.4, 0.5) is 4.79 Å². The van der Waals surface area contributed by atoms with Crippen molar-refractivity contribution in [2.24, 2.45) is 0 Å². The van der Waals surface area contributed by atoms with Gasteiger partial charge in [0.25, 0.3) is 11.1 Å². The Hall–Kier alpha value is -1.84. The van der Waals surface area contributed by atoms with E-state index in [2.05, 4.69) is 15.9 Å². The summed E-state index contributed by atoms with van der Waals surface area (Å²) in [5.41, 5.74) is 0.757. The largest absolute Gasteiger partial charge is 0.490 e. The van der Waals surface area contributed by atoms with Crippen molar-refractivity contribution < 1.29 is 23.9 Å². The second-order valence-corrected chi connectivity index (χ2v) is 8.47. The van der Waals surface area contributed by atoms with Gasteiger partial charge in [-0.1, -0.05) is 6.07 Å². The maximum Gasteiger partial charge on any atom is 0.294 e. The molecule has 3 rings (SSSR count). The summed E-state index contributed by atoms with van der Waals surface area (Å²) in [5.74, 6) is 0.0105. The highest BCUT2D eigenvalue weighted by atomic mass is 79.9. The van der Waals surface area contributed by atoms with Gasteiger partial charge in [-0.05, 0) is 65.3 Å². The number of hydrogen-bond donors (Lipinski definition) is 0. The van der Waals surface area contributed by atoms with Crippen LogP contribution in [0.1, 0.15) is 19.4 Å². The first-order valence-corrected chi connectivity index (χ1v) is 10.5. The van der Waals surface area contributed by atoms with Crippen LogP contribution >= 0.6 is 27.7 Å². The van der Waals surface area contributed by atoms with Gasteiger partial charge in [-0.25, -0.2) is 0 Å². The topological polar surface area (TPSA) is 76.2 Å². The van der Waals surface area contributed by atoms with E-state index in [9.17, 15) is 14.4 Å². The van der Waals surface area contributed by atoms with E-state index in [4.69, 9.17) is 9.47 Å². The molecule has 0 spiro atoms. The normalized spacial score (nSPS) is 19.1. The summed E-state index contributed by atoms with van der Waals surface area (Å²) in [6.45, 7) is 5.53. The molecule has 0 aromatic heterocycles. The lowest BCUT2D eigenvalue weighted by atomic mass is 10.2. The molecule has 7 nitrogen and oxygen atoms in total. The fraction of sp³-hybridized carbons (Fsp3) is 0.421. The molecule has 2 saturated heterocycles. The fourth-order valence-electron chi connectivity index (χ4n) is 2.79. The lowest BCUT2D eigenvalue weighted by molar-refractivity contribution is -0.139. The van der Waals surface area contributed by atoms with Crippen molar-refractivity contribution in [1.29, 1.82) is 0 Å². The molecular formula is C19H21BrN2O5S. The van der Waals surface area contributed by atoms with Gasteiger partial charge in [0.2, 0.25) is 5.91 Å². The van der Waals surface area contributed by atoms with Crippen LogP contribution in [0.15, 0.2) is 27.6 Å². The molecule has 0 atom stereocenters. The van der Waals surface area contributed by atoms with Crippen LogP contribution in [0.3, 0.4) is 0 Å². The molecule has 28 heavy (non-hydrogen) atoms. The van der Waals surface area contributed by atoms with Crippen LogP contribution in [0, 0.1) is 0 Å². The minimum absolute atomic E-state index is 0.0441. The standard InChI is InChI=1S/C19H21BrN2O5S/c1-12(2)27-15-4-3-13(9-14(15)20)10-16-18(24)22(19(25)28-16)11-17(23)21-5-7-26-8-6-21/h3-4,9-10,12H,5-8,11H2,1-2H3/b16-10-. The maximum atomic E-state index is 12.6. The third-order valence-electron chi connectivity index (χ3n) is 4.15. The molecule has 1 aromatic rings. The third kappa shape index (κ3) is 4.95. The Morgan fingerprint density at radius 1 is 1.32 bits per heavy atom. The zero-order chi connectivity index (χ0) is 20.3. The van der Waals surface area contributed by atoms with Gasteiger partial charge in [-0.15, -0.1) is 0 Å². The van der Waals surface area contributed by atoms with Gasteiger partial charge in [0.1, 0.15) is 12.3 Å². The van der Waals surface area contributed by atoms with Crippen LogP contribution in [-0.2, 0) is 14.3 Å². The van der Waals surface area contributed by atoms with Gasteiger partial charge >= 0.3 is 0 Å². The number of amides is 3. The number of nitrogens with zero attached hydrogens (tertiary/aromatic N) is 2. The number of benzene rings is 1. The molecule has 2 aliphatic heterocycles. The minimum atomic E-state index is -0.449. The average molecular weight is 469 g/mol. The summed E-state index contributed by atoms with van der Waals surface area (Å²) >= 11 is 4.30. The Morgan fingerprint density at radius 3 is 2.68 bits per heavy atom. The number of carbonyl (C=O) groups is 3. The zero-order valence-electron chi connectivity index (χ0n) is 15.6. The van der Waals surface area contributed by atoms with Crippen molar-refractivity contribution in [2.45, 2.75) is 20.0 Å². The van der Waals surface area contributed by atoms with E-state index in [1.165, 1.54) is 0 Å². The summed E-state index contributed by atoms with van der Waals surface area (Å²) in [6, 6.07) is 5.45. The second-order valence-electron chi connectivity index (χ2n) is 6.62. The van der Waals surface area contributed by atoms with Gasteiger partial charge in [0.15, 0.2) is 0 Å². The highest BCUT2D eigenvalue weighted by Crippen LogP contribution is 2.34. The summed E-state index contributed by atoms with van der Waals surface area (Å²) < 4.78 is 11.7. The first kappa shape index (κ1) is 20.9. The Balaban J connectivity index is 1.70. The molecule has 2 heterocycles. The second kappa shape index (κ2) is 9.11. The molecule has 0 saturated carbocycles. The van der Waals surface area contributed by atoms with E-state index < -0.39 is 11.1 Å². The fourth-order valence-corrected chi connectivity index (χ4v) is 4.12.